The van der Waals surface area contributed by atoms with Crippen molar-refractivity contribution in [1.82, 2.24) is 9.55 Å². The summed E-state index contributed by atoms with van der Waals surface area (Å²) in [5.74, 6) is 1.55. The van der Waals surface area contributed by atoms with Crippen LogP contribution in [0.5, 0.6) is 0 Å². The van der Waals surface area contributed by atoms with Crippen molar-refractivity contribution in [1.29, 1.82) is 0 Å². The fraction of sp³-hybridized carbons (Fsp3) is 0.286. The molecule has 2 atom stereocenters. The van der Waals surface area contributed by atoms with Gasteiger partial charge in [0.2, 0.25) is 0 Å². The minimum atomic E-state index is -0.241. The van der Waals surface area contributed by atoms with Crippen molar-refractivity contribution < 1.29 is 0 Å². The fourth-order valence-corrected chi connectivity index (χ4v) is 6.31. The molecule has 0 amide bonds. The zero-order valence-electron chi connectivity index (χ0n) is 23.5. The Balaban J connectivity index is 0.00000137. The Hall–Kier alpha value is -3.65. The van der Waals surface area contributed by atoms with Gasteiger partial charge in [-0.1, -0.05) is 98.7 Å². The molecule has 0 fully saturated rings. The largest absolute Gasteiger partial charge is 0.295 e. The molecular weight excluding hydrogens is 448 g/mol. The molecule has 0 N–H and O–H groups in total. The van der Waals surface area contributed by atoms with Gasteiger partial charge >= 0.3 is 0 Å². The lowest BCUT2D eigenvalue weighted by atomic mass is 9.64. The van der Waals surface area contributed by atoms with Gasteiger partial charge in [-0.25, -0.2) is 4.98 Å². The van der Waals surface area contributed by atoms with E-state index in [1.54, 1.807) is 0 Å². The number of hydrogen-bond donors (Lipinski definition) is 0. The van der Waals surface area contributed by atoms with Crippen LogP contribution in [-0.2, 0) is 5.41 Å². The summed E-state index contributed by atoms with van der Waals surface area (Å²) in [7, 11) is 0. The van der Waals surface area contributed by atoms with Crippen LogP contribution in [0.2, 0.25) is 0 Å². The van der Waals surface area contributed by atoms with Crippen LogP contribution in [0.15, 0.2) is 90.1 Å². The predicted octanol–water partition coefficient (Wildman–Crippen LogP) is 9.49. The molecule has 0 radical (unpaired) electrons. The van der Waals surface area contributed by atoms with Crippen LogP contribution in [-0.4, -0.2) is 9.55 Å². The lowest BCUT2D eigenvalue weighted by molar-refractivity contribution is 0.597. The summed E-state index contributed by atoms with van der Waals surface area (Å²) in [6, 6.07) is 24.1. The third-order valence-electron chi connectivity index (χ3n) is 8.52. The summed E-state index contributed by atoms with van der Waals surface area (Å²) in [4.78, 5) is 5.15. The van der Waals surface area contributed by atoms with Crippen LogP contribution in [0.25, 0.3) is 33.6 Å². The minimum Gasteiger partial charge on any atom is -0.295 e. The van der Waals surface area contributed by atoms with Crippen LogP contribution in [0, 0.1) is 19.8 Å². The van der Waals surface area contributed by atoms with Crippen molar-refractivity contribution in [2.24, 2.45) is 5.92 Å². The number of allylic oxidation sites excluding steroid dienone is 4. The summed E-state index contributed by atoms with van der Waals surface area (Å²) < 4.78 is 2.43. The fourth-order valence-electron chi connectivity index (χ4n) is 6.31. The number of hydrogen-bond acceptors (Lipinski definition) is 1. The molecule has 188 valence electrons. The van der Waals surface area contributed by atoms with Gasteiger partial charge in [-0.3, -0.25) is 4.57 Å². The first kappa shape index (κ1) is 25.0. The second-order valence-electron chi connectivity index (χ2n) is 10.5. The maximum Gasteiger partial charge on any atom is 0.128 e. The van der Waals surface area contributed by atoms with Gasteiger partial charge < -0.3 is 0 Å². The molecule has 0 spiro atoms. The van der Waals surface area contributed by atoms with E-state index in [0.29, 0.717) is 5.92 Å². The SMILES string of the molecule is CC.CC1=C(C)C2(C)C(=CC1C)c1ccccc1-n1c(-c3c(C)cc(-c4ccccc4)cc3C)cnc12. The first-order valence-electron chi connectivity index (χ1n) is 13.6. The number of benzene rings is 3. The lowest BCUT2D eigenvalue weighted by Gasteiger charge is -2.43. The molecular formula is C35H38N2. The van der Waals surface area contributed by atoms with Gasteiger partial charge in [0.25, 0.3) is 0 Å². The van der Waals surface area contributed by atoms with Crippen LogP contribution >= 0.6 is 0 Å². The molecule has 2 aliphatic rings. The van der Waals surface area contributed by atoms with E-state index in [9.17, 15) is 0 Å². The van der Waals surface area contributed by atoms with E-state index >= 15 is 0 Å². The Morgan fingerprint density at radius 3 is 2.11 bits per heavy atom. The molecule has 1 aromatic heterocycles. The van der Waals surface area contributed by atoms with E-state index in [0.717, 1.165) is 5.82 Å². The Labute approximate surface area is 222 Å². The van der Waals surface area contributed by atoms with Crippen molar-refractivity contribution in [3.05, 3.63) is 113 Å². The lowest BCUT2D eigenvalue weighted by Crippen LogP contribution is -2.37. The van der Waals surface area contributed by atoms with Crippen molar-refractivity contribution in [2.45, 2.75) is 60.8 Å². The van der Waals surface area contributed by atoms with Crippen LogP contribution < -0.4 is 0 Å². The smallest absolute Gasteiger partial charge is 0.128 e. The van der Waals surface area contributed by atoms with E-state index < -0.39 is 0 Å². The standard InChI is InChI=1S/C33H32N2.C2H6/c1-20-18-28-27-14-10-11-15-29(27)35-30(19-34-32(35)33(28,6)24(5)23(20)4)31-21(2)16-26(17-22(31)3)25-12-8-7-9-13-25;1-2/h7-20H,1-6H3;1-2H3. The first-order chi connectivity index (χ1) is 17.8. The Kier molecular flexibility index (Phi) is 6.31. The van der Waals surface area contributed by atoms with Gasteiger partial charge in [-0.15, -0.1) is 0 Å². The number of aryl methyl sites for hydroxylation is 2. The molecule has 2 unspecified atom stereocenters. The summed E-state index contributed by atoms with van der Waals surface area (Å²) in [5.41, 5.74) is 14.1. The van der Waals surface area contributed by atoms with Crippen molar-refractivity contribution in [3.63, 3.8) is 0 Å². The Bertz CT molecular complexity index is 1520. The Morgan fingerprint density at radius 1 is 0.811 bits per heavy atom. The molecule has 6 rings (SSSR count). The predicted molar refractivity (Wildman–Crippen MR) is 158 cm³/mol. The molecule has 1 aliphatic heterocycles. The normalized spacial score (nSPS) is 19.8. The zero-order valence-corrected chi connectivity index (χ0v) is 23.5. The maximum absolute atomic E-state index is 5.15. The highest BCUT2D eigenvalue weighted by Gasteiger charge is 2.46. The van der Waals surface area contributed by atoms with E-state index in [-0.39, 0.29) is 5.41 Å². The molecule has 37 heavy (non-hydrogen) atoms. The van der Waals surface area contributed by atoms with E-state index in [1.807, 2.05) is 13.8 Å². The van der Waals surface area contributed by atoms with Gasteiger partial charge in [-0.2, -0.15) is 0 Å². The van der Waals surface area contributed by atoms with Crippen LogP contribution in [0.3, 0.4) is 0 Å². The second-order valence-corrected chi connectivity index (χ2v) is 10.5. The van der Waals surface area contributed by atoms with Crippen LogP contribution in [0.4, 0.5) is 0 Å². The van der Waals surface area contributed by atoms with Crippen molar-refractivity contribution in [2.75, 3.05) is 0 Å². The number of rotatable bonds is 2. The van der Waals surface area contributed by atoms with Crippen molar-refractivity contribution in [3.8, 4) is 28.1 Å². The highest BCUT2D eigenvalue weighted by Crippen LogP contribution is 2.54. The van der Waals surface area contributed by atoms with Crippen LogP contribution in [0.1, 0.15) is 64.1 Å². The van der Waals surface area contributed by atoms with E-state index in [1.165, 1.54) is 61.5 Å². The molecule has 4 aromatic rings. The van der Waals surface area contributed by atoms with Gasteiger partial charge in [0.1, 0.15) is 5.82 Å². The molecule has 2 heterocycles. The number of fused-ring (bicyclic) bond motifs is 6. The maximum atomic E-state index is 5.15. The number of aromatic nitrogens is 2. The summed E-state index contributed by atoms with van der Waals surface area (Å²) in [6.07, 6.45) is 4.56. The summed E-state index contributed by atoms with van der Waals surface area (Å²) >= 11 is 0. The monoisotopic (exact) mass is 486 g/mol. The molecule has 0 saturated carbocycles. The quantitative estimate of drug-likeness (QED) is 0.258. The molecule has 0 saturated heterocycles. The van der Waals surface area contributed by atoms with Crippen molar-refractivity contribution >= 4 is 5.57 Å². The molecule has 1 aliphatic carbocycles. The van der Waals surface area contributed by atoms with Gasteiger partial charge in [0.15, 0.2) is 0 Å². The number of para-hydroxylation sites is 1. The molecule has 2 nitrogen and oxygen atoms in total. The highest BCUT2D eigenvalue weighted by molar-refractivity contribution is 5.88. The number of imidazole rings is 1. The van der Waals surface area contributed by atoms with Gasteiger partial charge in [-0.05, 0) is 74.4 Å². The average molecular weight is 487 g/mol. The van der Waals surface area contributed by atoms with Gasteiger partial charge in [0.05, 0.1) is 23.0 Å². The second kappa shape index (κ2) is 9.34. The van der Waals surface area contributed by atoms with Gasteiger partial charge in [0, 0.05) is 11.1 Å². The minimum absolute atomic E-state index is 0.241. The first-order valence-corrected chi connectivity index (χ1v) is 13.6. The Morgan fingerprint density at radius 2 is 1.43 bits per heavy atom. The third kappa shape index (κ3) is 3.65. The zero-order chi connectivity index (χ0) is 26.5. The van der Waals surface area contributed by atoms with E-state index in [2.05, 4.69) is 125 Å². The average Bonchev–Trinajstić information content (AvgIpc) is 3.36. The highest BCUT2D eigenvalue weighted by atomic mass is 15.1. The molecule has 2 heteroatoms. The molecule has 0 bridgehead atoms. The molecule has 3 aromatic carbocycles. The van der Waals surface area contributed by atoms with E-state index in [4.69, 9.17) is 4.98 Å². The summed E-state index contributed by atoms with van der Waals surface area (Å²) in [6.45, 7) is 17.7. The third-order valence-corrected chi connectivity index (χ3v) is 8.52. The number of nitrogens with zero attached hydrogens (tertiary/aromatic N) is 2. The topological polar surface area (TPSA) is 17.8 Å². The summed E-state index contributed by atoms with van der Waals surface area (Å²) in [5, 5.41) is 0.